The Bertz CT molecular complexity index is 250. The van der Waals surface area contributed by atoms with Crippen LogP contribution in [0.15, 0.2) is 12.2 Å². The molecular formula is C11H17NO2. The molecule has 0 aromatic heterocycles. The van der Waals surface area contributed by atoms with E-state index in [9.17, 15) is 4.79 Å². The summed E-state index contributed by atoms with van der Waals surface area (Å²) in [7, 11) is 0. The molecule has 2 saturated heterocycles. The summed E-state index contributed by atoms with van der Waals surface area (Å²) in [6.07, 6.45) is 1.81. The molecule has 2 unspecified atom stereocenters. The number of carbonyl (C=O) groups excluding carboxylic acids is 1. The van der Waals surface area contributed by atoms with Crippen LogP contribution >= 0.6 is 0 Å². The van der Waals surface area contributed by atoms with Crippen LogP contribution in [0.1, 0.15) is 19.8 Å². The first kappa shape index (κ1) is 9.87. The van der Waals surface area contributed by atoms with Crippen molar-refractivity contribution in [2.45, 2.75) is 31.8 Å². The number of ketones is 1. The smallest absolute Gasteiger partial charge is 0.161 e. The molecule has 14 heavy (non-hydrogen) atoms. The van der Waals surface area contributed by atoms with Gasteiger partial charge in [-0.25, -0.2) is 0 Å². The van der Waals surface area contributed by atoms with Crippen molar-refractivity contribution in [3.63, 3.8) is 0 Å². The number of hydrogen-bond acceptors (Lipinski definition) is 3. The molecule has 3 nitrogen and oxygen atoms in total. The van der Waals surface area contributed by atoms with Crippen LogP contribution in [-0.4, -0.2) is 31.1 Å². The number of rotatable bonds is 2. The minimum atomic E-state index is 0.174. The lowest BCUT2D eigenvalue weighted by Gasteiger charge is -2.39. The molecular weight excluding hydrogens is 178 g/mol. The second-order valence-electron chi connectivity index (χ2n) is 4.41. The molecule has 0 saturated carbocycles. The van der Waals surface area contributed by atoms with E-state index in [2.05, 4.69) is 11.9 Å². The van der Waals surface area contributed by atoms with Crippen molar-refractivity contribution in [2.75, 3.05) is 13.2 Å². The van der Waals surface area contributed by atoms with Gasteiger partial charge in [0.1, 0.15) is 0 Å². The summed E-state index contributed by atoms with van der Waals surface area (Å²) in [5, 5.41) is 3.47. The van der Waals surface area contributed by atoms with Crippen LogP contribution in [-0.2, 0) is 9.53 Å². The van der Waals surface area contributed by atoms with E-state index in [4.69, 9.17) is 4.74 Å². The van der Waals surface area contributed by atoms with Crippen LogP contribution in [0.5, 0.6) is 0 Å². The molecule has 2 atom stereocenters. The molecule has 2 bridgehead atoms. The Kier molecular flexibility index (Phi) is 2.70. The van der Waals surface area contributed by atoms with E-state index in [1.165, 1.54) is 0 Å². The van der Waals surface area contributed by atoms with Gasteiger partial charge in [0.2, 0.25) is 0 Å². The van der Waals surface area contributed by atoms with Crippen LogP contribution < -0.4 is 5.32 Å². The van der Waals surface area contributed by atoms with Crippen molar-refractivity contribution in [3.8, 4) is 0 Å². The van der Waals surface area contributed by atoms with Crippen molar-refractivity contribution in [1.82, 2.24) is 5.32 Å². The van der Waals surface area contributed by atoms with E-state index in [1.807, 2.05) is 0 Å². The molecule has 1 N–H and O–H groups in total. The zero-order valence-electron chi connectivity index (χ0n) is 8.58. The molecule has 2 heterocycles. The standard InChI is InChI=1S/C11H17NO2/c1-7(2)11(13)8-3-9-5-14-6-10(4-8)12-9/h8-10,12H,1,3-6H2,2H3. The van der Waals surface area contributed by atoms with Gasteiger partial charge in [0.15, 0.2) is 5.78 Å². The quantitative estimate of drug-likeness (QED) is 0.665. The highest BCUT2D eigenvalue weighted by Crippen LogP contribution is 2.26. The molecule has 2 aliphatic rings. The number of fused-ring (bicyclic) bond motifs is 2. The first-order valence-electron chi connectivity index (χ1n) is 5.20. The fourth-order valence-electron chi connectivity index (χ4n) is 2.40. The van der Waals surface area contributed by atoms with Crippen molar-refractivity contribution in [3.05, 3.63) is 12.2 Å². The molecule has 2 rings (SSSR count). The van der Waals surface area contributed by atoms with E-state index in [0.29, 0.717) is 17.7 Å². The van der Waals surface area contributed by atoms with Crippen molar-refractivity contribution < 1.29 is 9.53 Å². The first-order chi connectivity index (χ1) is 6.66. The largest absolute Gasteiger partial charge is 0.378 e. The average Bonchev–Trinajstić information content (AvgIpc) is 2.15. The van der Waals surface area contributed by atoms with Gasteiger partial charge < -0.3 is 10.1 Å². The highest BCUT2D eigenvalue weighted by Gasteiger charge is 2.34. The van der Waals surface area contributed by atoms with E-state index < -0.39 is 0 Å². The lowest BCUT2D eigenvalue weighted by atomic mass is 9.82. The average molecular weight is 195 g/mol. The maximum Gasteiger partial charge on any atom is 0.161 e. The minimum absolute atomic E-state index is 0.174. The summed E-state index contributed by atoms with van der Waals surface area (Å²) in [4.78, 5) is 11.8. The fraction of sp³-hybridized carbons (Fsp3) is 0.727. The summed E-state index contributed by atoms with van der Waals surface area (Å²) < 4.78 is 5.43. The molecule has 0 spiro atoms. The number of ether oxygens (including phenoxy) is 1. The second kappa shape index (κ2) is 3.83. The van der Waals surface area contributed by atoms with Gasteiger partial charge in [-0.2, -0.15) is 0 Å². The number of carbonyl (C=O) groups is 1. The highest BCUT2D eigenvalue weighted by atomic mass is 16.5. The fourth-order valence-corrected chi connectivity index (χ4v) is 2.40. The van der Waals surface area contributed by atoms with Crippen LogP contribution in [0.25, 0.3) is 0 Å². The van der Waals surface area contributed by atoms with Gasteiger partial charge in [0.25, 0.3) is 0 Å². The lowest BCUT2D eigenvalue weighted by molar-refractivity contribution is -0.122. The van der Waals surface area contributed by atoms with Crippen LogP contribution in [0, 0.1) is 5.92 Å². The molecule has 0 aliphatic carbocycles. The number of morpholine rings is 1. The topological polar surface area (TPSA) is 38.3 Å². The molecule has 0 aromatic carbocycles. The second-order valence-corrected chi connectivity index (χ2v) is 4.41. The molecule has 0 amide bonds. The van der Waals surface area contributed by atoms with E-state index in [0.717, 1.165) is 26.1 Å². The molecule has 2 aliphatic heterocycles. The molecule has 0 radical (unpaired) electrons. The van der Waals surface area contributed by atoms with Gasteiger partial charge >= 0.3 is 0 Å². The maximum atomic E-state index is 11.8. The van der Waals surface area contributed by atoms with Gasteiger partial charge in [-0.3, -0.25) is 4.79 Å². The predicted octanol–water partition coefficient (Wildman–Crippen LogP) is 0.899. The molecule has 78 valence electrons. The van der Waals surface area contributed by atoms with Gasteiger partial charge in [0, 0.05) is 18.0 Å². The molecule has 2 fully saturated rings. The van der Waals surface area contributed by atoms with Crippen molar-refractivity contribution in [1.29, 1.82) is 0 Å². The Morgan fingerprint density at radius 2 is 1.93 bits per heavy atom. The molecule has 3 heteroatoms. The Morgan fingerprint density at radius 1 is 1.36 bits per heavy atom. The van der Waals surface area contributed by atoms with Gasteiger partial charge in [-0.15, -0.1) is 0 Å². The van der Waals surface area contributed by atoms with E-state index in [1.54, 1.807) is 6.92 Å². The van der Waals surface area contributed by atoms with Crippen molar-refractivity contribution in [2.24, 2.45) is 5.92 Å². The Labute approximate surface area is 84.5 Å². The Balaban J connectivity index is 2.02. The van der Waals surface area contributed by atoms with E-state index >= 15 is 0 Å². The van der Waals surface area contributed by atoms with Gasteiger partial charge in [0.05, 0.1) is 13.2 Å². The van der Waals surface area contributed by atoms with Crippen LogP contribution in [0.3, 0.4) is 0 Å². The molecule has 0 aromatic rings. The summed E-state index contributed by atoms with van der Waals surface area (Å²) in [6.45, 7) is 7.02. The number of Topliss-reactive ketones (excluding diaryl/α,β-unsaturated/α-hetero) is 1. The maximum absolute atomic E-state index is 11.8. The lowest BCUT2D eigenvalue weighted by Crippen LogP contribution is -2.55. The van der Waals surface area contributed by atoms with E-state index in [-0.39, 0.29) is 11.7 Å². The Hall–Kier alpha value is -0.670. The van der Waals surface area contributed by atoms with Gasteiger partial charge in [-0.1, -0.05) is 6.58 Å². The first-order valence-corrected chi connectivity index (χ1v) is 5.20. The number of allylic oxidation sites excluding steroid dienone is 1. The SMILES string of the molecule is C=C(C)C(=O)C1CC2COCC(C1)N2. The Morgan fingerprint density at radius 3 is 2.43 bits per heavy atom. The third-order valence-corrected chi connectivity index (χ3v) is 3.04. The third kappa shape index (κ3) is 1.88. The van der Waals surface area contributed by atoms with Gasteiger partial charge in [-0.05, 0) is 25.3 Å². The zero-order valence-corrected chi connectivity index (χ0v) is 8.58. The monoisotopic (exact) mass is 195 g/mol. The van der Waals surface area contributed by atoms with Crippen LogP contribution in [0.2, 0.25) is 0 Å². The van der Waals surface area contributed by atoms with Crippen LogP contribution in [0.4, 0.5) is 0 Å². The minimum Gasteiger partial charge on any atom is -0.378 e. The zero-order chi connectivity index (χ0) is 10.1. The normalized spacial score (nSPS) is 36.5. The number of nitrogens with one attached hydrogen (secondary N) is 1. The third-order valence-electron chi connectivity index (χ3n) is 3.04. The predicted molar refractivity (Wildman–Crippen MR) is 54.1 cm³/mol. The highest BCUT2D eigenvalue weighted by molar-refractivity contribution is 5.96. The number of hydrogen-bond donors (Lipinski definition) is 1. The summed E-state index contributed by atoms with van der Waals surface area (Å²) >= 11 is 0. The summed E-state index contributed by atoms with van der Waals surface area (Å²) in [5.74, 6) is 0.413. The van der Waals surface area contributed by atoms with Crippen molar-refractivity contribution >= 4 is 5.78 Å². The summed E-state index contributed by atoms with van der Waals surface area (Å²) in [6, 6.07) is 0.742. The summed E-state index contributed by atoms with van der Waals surface area (Å²) in [5.41, 5.74) is 0.691. The number of piperidine rings is 1.